The second-order valence-corrected chi connectivity index (χ2v) is 5.12. The standard InChI is InChI=1S/C13H14ClNO4/c14-10-4-3-8(16)7-9(10)11(17)15-13(12(18)19)5-1-2-6-13/h3-4,7,16H,1-2,5-6H2,(H,15,17)(H,18,19). The normalized spacial score (nSPS) is 17.1. The Morgan fingerprint density at radius 3 is 2.47 bits per heavy atom. The first kappa shape index (κ1) is 13.7. The quantitative estimate of drug-likeness (QED) is 0.793. The lowest BCUT2D eigenvalue weighted by Crippen LogP contribution is -2.52. The highest BCUT2D eigenvalue weighted by molar-refractivity contribution is 6.34. The molecule has 1 fully saturated rings. The van der Waals surface area contributed by atoms with Gasteiger partial charge in [-0.3, -0.25) is 4.79 Å². The second kappa shape index (κ2) is 5.09. The van der Waals surface area contributed by atoms with Gasteiger partial charge in [0.25, 0.3) is 5.91 Å². The smallest absolute Gasteiger partial charge is 0.329 e. The van der Waals surface area contributed by atoms with Crippen LogP contribution >= 0.6 is 11.6 Å². The first-order valence-electron chi connectivity index (χ1n) is 5.99. The van der Waals surface area contributed by atoms with Gasteiger partial charge in [-0.15, -0.1) is 0 Å². The number of halogens is 1. The highest BCUT2D eigenvalue weighted by Gasteiger charge is 2.42. The Balaban J connectivity index is 2.25. The van der Waals surface area contributed by atoms with Gasteiger partial charge in [-0.2, -0.15) is 0 Å². The highest BCUT2D eigenvalue weighted by atomic mass is 35.5. The van der Waals surface area contributed by atoms with E-state index >= 15 is 0 Å². The van der Waals surface area contributed by atoms with Crippen LogP contribution < -0.4 is 5.32 Å². The van der Waals surface area contributed by atoms with Crippen LogP contribution in [0.15, 0.2) is 18.2 Å². The highest BCUT2D eigenvalue weighted by Crippen LogP contribution is 2.31. The van der Waals surface area contributed by atoms with E-state index in [1.54, 1.807) is 0 Å². The summed E-state index contributed by atoms with van der Waals surface area (Å²) in [5.74, 6) is -1.70. The number of phenolic OH excluding ortho intramolecular Hbond substituents is 1. The fourth-order valence-corrected chi connectivity index (χ4v) is 2.55. The molecular formula is C13H14ClNO4. The number of carbonyl (C=O) groups excluding carboxylic acids is 1. The zero-order chi connectivity index (χ0) is 14.0. The van der Waals surface area contributed by atoms with Gasteiger partial charge in [0.05, 0.1) is 10.6 Å². The molecule has 1 aromatic rings. The van der Waals surface area contributed by atoms with Crippen molar-refractivity contribution in [1.29, 1.82) is 0 Å². The molecule has 0 spiro atoms. The van der Waals surface area contributed by atoms with Crippen molar-refractivity contribution >= 4 is 23.5 Å². The fraction of sp³-hybridized carbons (Fsp3) is 0.385. The third-order valence-electron chi connectivity index (χ3n) is 3.41. The lowest BCUT2D eigenvalue weighted by atomic mass is 9.97. The summed E-state index contributed by atoms with van der Waals surface area (Å²) in [6.45, 7) is 0. The van der Waals surface area contributed by atoms with Gasteiger partial charge >= 0.3 is 5.97 Å². The summed E-state index contributed by atoms with van der Waals surface area (Å²) < 4.78 is 0. The van der Waals surface area contributed by atoms with Crippen molar-refractivity contribution in [2.24, 2.45) is 0 Å². The number of nitrogens with one attached hydrogen (secondary N) is 1. The zero-order valence-corrected chi connectivity index (χ0v) is 10.9. The minimum absolute atomic E-state index is 0.0780. The van der Waals surface area contributed by atoms with E-state index in [-0.39, 0.29) is 16.3 Å². The summed E-state index contributed by atoms with van der Waals surface area (Å²) in [7, 11) is 0. The number of benzene rings is 1. The van der Waals surface area contributed by atoms with Crippen molar-refractivity contribution in [2.45, 2.75) is 31.2 Å². The molecule has 102 valence electrons. The Kier molecular flexibility index (Phi) is 3.66. The average Bonchev–Trinajstić information content (AvgIpc) is 2.82. The van der Waals surface area contributed by atoms with Crippen LogP contribution in [-0.2, 0) is 4.79 Å². The minimum atomic E-state index is -1.22. The molecule has 19 heavy (non-hydrogen) atoms. The maximum atomic E-state index is 12.1. The van der Waals surface area contributed by atoms with E-state index in [4.69, 9.17) is 11.6 Å². The van der Waals surface area contributed by atoms with Crippen LogP contribution in [-0.4, -0.2) is 27.6 Å². The van der Waals surface area contributed by atoms with Crippen molar-refractivity contribution in [2.75, 3.05) is 0 Å². The lowest BCUT2D eigenvalue weighted by Gasteiger charge is -2.25. The van der Waals surface area contributed by atoms with Crippen molar-refractivity contribution in [3.63, 3.8) is 0 Å². The molecule has 1 saturated carbocycles. The van der Waals surface area contributed by atoms with Crippen molar-refractivity contribution in [1.82, 2.24) is 5.32 Å². The van der Waals surface area contributed by atoms with Crippen LogP contribution in [0.4, 0.5) is 0 Å². The molecule has 0 aliphatic heterocycles. The predicted octanol–water partition coefficient (Wildman–Crippen LogP) is 2.17. The number of aliphatic carboxylic acids is 1. The van der Waals surface area contributed by atoms with Crippen LogP contribution in [0.25, 0.3) is 0 Å². The largest absolute Gasteiger partial charge is 0.508 e. The first-order chi connectivity index (χ1) is 8.94. The van der Waals surface area contributed by atoms with Crippen LogP contribution in [0.3, 0.4) is 0 Å². The Bertz CT molecular complexity index is 523. The van der Waals surface area contributed by atoms with E-state index in [9.17, 15) is 19.8 Å². The number of carbonyl (C=O) groups is 2. The van der Waals surface area contributed by atoms with E-state index in [1.807, 2.05) is 0 Å². The molecule has 2 rings (SSSR count). The van der Waals surface area contributed by atoms with Gasteiger partial charge in [-0.05, 0) is 31.0 Å². The van der Waals surface area contributed by atoms with Gasteiger partial charge in [-0.1, -0.05) is 24.4 Å². The Labute approximate surface area is 115 Å². The molecule has 3 N–H and O–H groups in total. The van der Waals surface area contributed by atoms with Crippen molar-refractivity contribution in [3.8, 4) is 5.75 Å². The van der Waals surface area contributed by atoms with Crippen LogP contribution in [0.5, 0.6) is 5.75 Å². The molecule has 0 saturated heterocycles. The van der Waals surface area contributed by atoms with Crippen molar-refractivity contribution < 1.29 is 19.8 Å². The van der Waals surface area contributed by atoms with Crippen LogP contribution in [0, 0.1) is 0 Å². The third-order valence-corrected chi connectivity index (χ3v) is 3.74. The number of phenols is 1. The van der Waals surface area contributed by atoms with Gasteiger partial charge in [0.2, 0.25) is 0 Å². The maximum absolute atomic E-state index is 12.1. The van der Waals surface area contributed by atoms with Crippen molar-refractivity contribution in [3.05, 3.63) is 28.8 Å². The first-order valence-corrected chi connectivity index (χ1v) is 6.37. The van der Waals surface area contributed by atoms with Gasteiger partial charge in [0.15, 0.2) is 0 Å². The molecule has 0 atom stereocenters. The molecule has 6 heteroatoms. The van der Waals surface area contributed by atoms with Gasteiger partial charge in [0.1, 0.15) is 11.3 Å². The SMILES string of the molecule is O=C(NC1(C(=O)O)CCCC1)c1cc(O)ccc1Cl. The summed E-state index contributed by atoms with van der Waals surface area (Å²) in [5, 5.41) is 21.4. The Hall–Kier alpha value is -1.75. The molecule has 1 aliphatic carbocycles. The minimum Gasteiger partial charge on any atom is -0.508 e. The summed E-state index contributed by atoms with van der Waals surface area (Å²) in [4.78, 5) is 23.5. The molecule has 0 unspecified atom stereocenters. The number of rotatable bonds is 3. The van der Waals surface area contributed by atoms with E-state index < -0.39 is 17.4 Å². The maximum Gasteiger partial charge on any atom is 0.329 e. The molecule has 1 aromatic carbocycles. The van der Waals surface area contributed by atoms with Gasteiger partial charge < -0.3 is 15.5 Å². The van der Waals surface area contributed by atoms with Gasteiger partial charge in [0, 0.05) is 0 Å². The number of carboxylic acid groups (broad SMARTS) is 1. The van der Waals surface area contributed by atoms with Gasteiger partial charge in [-0.25, -0.2) is 4.79 Å². The molecular weight excluding hydrogens is 270 g/mol. The molecule has 1 amide bonds. The summed E-state index contributed by atoms with van der Waals surface area (Å²) in [6, 6.07) is 3.98. The summed E-state index contributed by atoms with van der Waals surface area (Å²) in [5.41, 5.74) is -1.14. The molecule has 0 heterocycles. The topological polar surface area (TPSA) is 86.6 Å². The number of carboxylic acids is 1. The predicted molar refractivity (Wildman–Crippen MR) is 69.4 cm³/mol. The second-order valence-electron chi connectivity index (χ2n) is 4.71. The lowest BCUT2D eigenvalue weighted by molar-refractivity contribution is -0.144. The molecule has 0 bridgehead atoms. The number of aromatic hydroxyl groups is 1. The van der Waals surface area contributed by atoms with E-state index in [2.05, 4.69) is 5.32 Å². The Morgan fingerprint density at radius 2 is 1.89 bits per heavy atom. The Morgan fingerprint density at radius 1 is 1.26 bits per heavy atom. The van der Waals surface area contributed by atoms with Crippen LogP contribution in [0.2, 0.25) is 5.02 Å². The fourth-order valence-electron chi connectivity index (χ4n) is 2.34. The molecule has 5 nitrogen and oxygen atoms in total. The molecule has 0 radical (unpaired) electrons. The van der Waals surface area contributed by atoms with E-state index in [0.29, 0.717) is 12.8 Å². The summed E-state index contributed by atoms with van der Waals surface area (Å²) >= 11 is 5.88. The van der Waals surface area contributed by atoms with E-state index in [0.717, 1.165) is 12.8 Å². The molecule has 0 aromatic heterocycles. The zero-order valence-electron chi connectivity index (χ0n) is 10.1. The number of amides is 1. The number of hydrogen-bond acceptors (Lipinski definition) is 3. The third kappa shape index (κ3) is 2.66. The van der Waals surface area contributed by atoms with E-state index in [1.165, 1.54) is 18.2 Å². The average molecular weight is 284 g/mol. The summed E-state index contributed by atoms with van der Waals surface area (Å²) in [6.07, 6.45) is 2.34. The monoisotopic (exact) mass is 283 g/mol. The number of hydrogen-bond donors (Lipinski definition) is 3. The molecule has 1 aliphatic rings. The van der Waals surface area contributed by atoms with Crippen LogP contribution in [0.1, 0.15) is 36.0 Å².